The number of benzene rings is 2. The number of halogens is 1. The third kappa shape index (κ3) is 3.56. The Morgan fingerprint density at radius 2 is 1.94 bits per heavy atom. The van der Waals surface area contributed by atoms with Crippen LogP contribution in [0.2, 0.25) is 0 Å². The standard InChI is InChI=1S/C25H20FN3O3/c26-19-9-8-16(22(30)13-18-17-6-2-1-5-15(17)12-23(18)31)11-20(19)28-25(32)21-14-27-24-7-3-4-10-29(21)24/h1-11,14,18,23,31H,12-13H2,(H,28,32)/t18-,23+/m0/s1. The summed E-state index contributed by atoms with van der Waals surface area (Å²) in [5.41, 5.74) is 3.05. The van der Waals surface area contributed by atoms with E-state index in [1.807, 2.05) is 24.3 Å². The Morgan fingerprint density at radius 1 is 1.12 bits per heavy atom. The van der Waals surface area contributed by atoms with E-state index >= 15 is 0 Å². The number of imidazole rings is 1. The summed E-state index contributed by atoms with van der Waals surface area (Å²) in [6.45, 7) is 0. The van der Waals surface area contributed by atoms with Gasteiger partial charge in [-0.05, 0) is 47.9 Å². The minimum atomic E-state index is -0.644. The molecule has 32 heavy (non-hydrogen) atoms. The number of anilines is 1. The molecule has 4 aromatic rings. The number of aliphatic hydroxyl groups is 1. The van der Waals surface area contributed by atoms with Gasteiger partial charge in [0.05, 0.1) is 18.0 Å². The van der Waals surface area contributed by atoms with Crippen LogP contribution in [0.4, 0.5) is 10.1 Å². The van der Waals surface area contributed by atoms with E-state index in [-0.39, 0.29) is 35.1 Å². The smallest absolute Gasteiger partial charge is 0.274 e. The van der Waals surface area contributed by atoms with E-state index in [1.165, 1.54) is 18.3 Å². The molecular weight excluding hydrogens is 409 g/mol. The molecule has 0 radical (unpaired) electrons. The summed E-state index contributed by atoms with van der Waals surface area (Å²) in [7, 11) is 0. The lowest BCUT2D eigenvalue weighted by Gasteiger charge is -2.15. The van der Waals surface area contributed by atoms with Crippen molar-refractivity contribution in [3.8, 4) is 0 Å². The van der Waals surface area contributed by atoms with Crippen molar-refractivity contribution in [3.63, 3.8) is 0 Å². The maximum Gasteiger partial charge on any atom is 0.274 e. The molecule has 0 aliphatic heterocycles. The number of rotatable bonds is 5. The van der Waals surface area contributed by atoms with E-state index in [0.717, 1.165) is 17.2 Å². The van der Waals surface area contributed by atoms with Crippen LogP contribution in [0.25, 0.3) is 5.65 Å². The summed E-state index contributed by atoms with van der Waals surface area (Å²) in [4.78, 5) is 29.8. The molecule has 2 N–H and O–H groups in total. The van der Waals surface area contributed by atoms with Gasteiger partial charge in [0.1, 0.15) is 17.2 Å². The SMILES string of the molecule is O=C(C[C@H]1c2ccccc2C[C@H]1O)c1ccc(F)c(NC(=O)c2cnc3ccccn23)c1. The number of fused-ring (bicyclic) bond motifs is 2. The quantitative estimate of drug-likeness (QED) is 0.470. The topological polar surface area (TPSA) is 83.7 Å². The van der Waals surface area contributed by atoms with Crippen LogP contribution < -0.4 is 5.32 Å². The number of amides is 1. The second kappa shape index (κ2) is 8.01. The molecule has 5 rings (SSSR count). The van der Waals surface area contributed by atoms with Crippen LogP contribution >= 0.6 is 0 Å². The predicted molar refractivity (Wildman–Crippen MR) is 117 cm³/mol. The summed E-state index contributed by atoms with van der Waals surface area (Å²) in [5, 5.41) is 13.0. The number of hydrogen-bond acceptors (Lipinski definition) is 4. The van der Waals surface area contributed by atoms with Gasteiger partial charge in [0.15, 0.2) is 5.78 Å². The highest BCUT2D eigenvalue weighted by molar-refractivity contribution is 6.04. The summed E-state index contributed by atoms with van der Waals surface area (Å²) in [5.74, 6) is -1.71. The molecular formula is C25H20FN3O3. The Labute approximate surface area is 183 Å². The number of aromatic nitrogens is 2. The fourth-order valence-electron chi connectivity index (χ4n) is 4.30. The average Bonchev–Trinajstić information content (AvgIpc) is 3.36. The molecule has 160 valence electrons. The number of carbonyl (C=O) groups is 2. The minimum Gasteiger partial charge on any atom is -0.392 e. The fourth-order valence-corrected chi connectivity index (χ4v) is 4.30. The van der Waals surface area contributed by atoms with E-state index in [9.17, 15) is 19.1 Å². The second-order valence-corrected chi connectivity index (χ2v) is 7.93. The van der Waals surface area contributed by atoms with Crippen molar-refractivity contribution in [2.75, 3.05) is 5.32 Å². The number of aliphatic hydroxyl groups excluding tert-OH is 1. The van der Waals surface area contributed by atoms with Gasteiger partial charge in [-0.15, -0.1) is 0 Å². The molecule has 0 unspecified atom stereocenters. The lowest BCUT2D eigenvalue weighted by molar-refractivity contribution is 0.0920. The molecule has 1 amide bonds. The van der Waals surface area contributed by atoms with Crippen LogP contribution in [0.3, 0.4) is 0 Å². The maximum absolute atomic E-state index is 14.4. The fraction of sp³-hybridized carbons (Fsp3) is 0.160. The highest BCUT2D eigenvalue weighted by atomic mass is 19.1. The molecule has 0 saturated carbocycles. The Kier molecular flexibility index (Phi) is 5.03. The normalized spacial score (nSPS) is 17.3. The van der Waals surface area contributed by atoms with Crippen LogP contribution in [0.1, 0.15) is 44.3 Å². The lowest BCUT2D eigenvalue weighted by atomic mass is 9.91. The number of nitrogens with one attached hydrogen (secondary N) is 1. The Morgan fingerprint density at radius 3 is 2.81 bits per heavy atom. The Bertz CT molecular complexity index is 1350. The average molecular weight is 429 g/mol. The molecule has 2 aromatic heterocycles. The first-order chi connectivity index (χ1) is 15.5. The second-order valence-electron chi connectivity index (χ2n) is 7.93. The number of nitrogens with zero attached hydrogens (tertiary/aromatic N) is 2. The van der Waals surface area contributed by atoms with Gasteiger partial charge in [0, 0.05) is 24.1 Å². The van der Waals surface area contributed by atoms with E-state index in [1.54, 1.807) is 28.8 Å². The van der Waals surface area contributed by atoms with Gasteiger partial charge in [0.25, 0.3) is 5.91 Å². The lowest BCUT2D eigenvalue weighted by Crippen LogP contribution is -2.18. The zero-order valence-corrected chi connectivity index (χ0v) is 17.0. The largest absolute Gasteiger partial charge is 0.392 e. The molecule has 1 aliphatic rings. The summed E-state index contributed by atoms with van der Waals surface area (Å²) >= 11 is 0. The van der Waals surface area contributed by atoms with Crippen molar-refractivity contribution in [3.05, 3.63) is 101 Å². The number of hydrogen-bond donors (Lipinski definition) is 2. The molecule has 0 saturated heterocycles. The maximum atomic E-state index is 14.4. The van der Waals surface area contributed by atoms with Crippen molar-refractivity contribution < 1.29 is 19.1 Å². The van der Waals surface area contributed by atoms with Gasteiger partial charge in [-0.1, -0.05) is 30.3 Å². The van der Waals surface area contributed by atoms with Crippen molar-refractivity contribution >= 4 is 23.0 Å². The van der Waals surface area contributed by atoms with Crippen molar-refractivity contribution in [2.24, 2.45) is 0 Å². The molecule has 0 fully saturated rings. The number of pyridine rings is 1. The molecule has 7 heteroatoms. The first-order valence-electron chi connectivity index (χ1n) is 10.3. The first kappa shape index (κ1) is 20.1. The molecule has 6 nitrogen and oxygen atoms in total. The van der Waals surface area contributed by atoms with Gasteiger partial charge >= 0.3 is 0 Å². The van der Waals surface area contributed by atoms with Gasteiger partial charge < -0.3 is 10.4 Å². The zero-order valence-electron chi connectivity index (χ0n) is 17.0. The molecule has 2 aromatic carbocycles. The highest BCUT2D eigenvalue weighted by Gasteiger charge is 2.32. The first-order valence-corrected chi connectivity index (χ1v) is 10.3. The van der Waals surface area contributed by atoms with E-state index in [0.29, 0.717) is 12.1 Å². The van der Waals surface area contributed by atoms with Crippen LogP contribution in [0.15, 0.2) is 73.1 Å². The molecule has 0 spiro atoms. The van der Waals surface area contributed by atoms with Crippen molar-refractivity contribution in [2.45, 2.75) is 24.9 Å². The van der Waals surface area contributed by atoms with Gasteiger partial charge in [-0.3, -0.25) is 14.0 Å². The van der Waals surface area contributed by atoms with E-state index in [4.69, 9.17) is 0 Å². The third-order valence-corrected chi connectivity index (χ3v) is 5.94. The van der Waals surface area contributed by atoms with E-state index in [2.05, 4.69) is 10.3 Å². The van der Waals surface area contributed by atoms with E-state index < -0.39 is 17.8 Å². The van der Waals surface area contributed by atoms with Gasteiger partial charge in [-0.25, -0.2) is 9.37 Å². The Hall–Kier alpha value is -3.84. The summed E-state index contributed by atoms with van der Waals surface area (Å²) < 4.78 is 16.0. The number of ketones is 1. The van der Waals surface area contributed by atoms with Crippen LogP contribution in [0.5, 0.6) is 0 Å². The third-order valence-electron chi connectivity index (χ3n) is 5.94. The van der Waals surface area contributed by atoms with Crippen molar-refractivity contribution in [1.82, 2.24) is 9.38 Å². The summed E-state index contributed by atoms with van der Waals surface area (Å²) in [6, 6.07) is 16.9. The summed E-state index contributed by atoms with van der Waals surface area (Å²) in [6.07, 6.45) is 3.09. The number of Topliss-reactive ketones (excluding diaryl/α,β-unsaturated/α-hetero) is 1. The zero-order chi connectivity index (χ0) is 22.2. The predicted octanol–water partition coefficient (Wildman–Crippen LogP) is 4.00. The van der Waals surface area contributed by atoms with Crippen molar-refractivity contribution in [1.29, 1.82) is 0 Å². The molecule has 2 heterocycles. The van der Waals surface area contributed by atoms with Crippen LogP contribution in [-0.4, -0.2) is 32.3 Å². The minimum absolute atomic E-state index is 0.0842. The molecule has 1 aliphatic carbocycles. The van der Waals surface area contributed by atoms with Gasteiger partial charge in [0.2, 0.25) is 0 Å². The van der Waals surface area contributed by atoms with Crippen LogP contribution in [-0.2, 0) is 6.42 Å². The molecule has 2 atom stereocenters. The number of carbonyl (C=O) groups excluding carboxylic acids is 2. The monoisotopic (exact) mass is 429 g/mol. The van der Waals surface area contributed by atoms with Gasteiger partial charge in [-0.2, -0.15) is 0 Å². The van der Waals surface area contributed by atoms with Crippen LogP contribution in [0, 0.1) is 5.82 Å². The highest BCUT2D eigenvalue weighted by Crippen LogP contribution is 2.36. The Balaban J connectivity index is 1.37. The molecule has 0 bridgehead atoms.